The van der Waals surface area contributed by atoms with Gasteiger partial charge in [0.05, 0.1) is 48.9 Å². The third-order valence-electron chi connectivity index (χ3n) is 9.83. The number of carboxylic acid groups (broad SMARTS) is 1. The molecule has 0 unspecified atom stereocenters. The van der Waals surface area contributed by atoms with Crippen LogP contribution in [0.5, 0.6) is 0 Å². The molecule has 2 aliphatic heterocycles. The summed E-state index contributed by atoms with van der Waals surface area (Å²) in [4.78, 5) is 35.5. The summed E-state index contributed by atoms with van der Waals surface area (Å²) in [7, 11) is -11.0. The number of nitrogens with zero attached hydrogens (tertiary/aromatic N) is 10. The predicted octanol–water partition coefficient (Wildman–Crippen LogP) is 6.33. The second kappa shape index (κ2) is 21.1. The molecule has 0 spiro atoms. The van der Waals surface area contributed by atoms with E-state index in [0.29, 0.717) is 45.8 Å². The molecule has 8 rings (SSSR count). The number of aryl methyl sites for hydroxylation is 4. The maximum Gasteiger partial charge on any atom is 0.516 e. The number of fused-ring (bicyclic) bond motifs is 2. The Morgan fingerprint density at radius 3 is 1.50 bits per heavy atom. The molecule has 19 nitrogen and oxygen atoms in total. The Morgan fingerprint density at radius 2 is 1.11 bits per heavy atom. The van der Waals surface area contributed by atoms with Crippen LogP contribution in [0.1, 0.15) is 53.2 Å². The van der Waals surface area contributed by atoms with Gasteiger partial charge >= 0.3 is 37.0 Å². The zero-order valence-corrected chi connectivity index (χ0v) is 40.6. The van der Waals surface area contributed by atoms with Crippen molar-refractivity contribution in [1.29, 1.82) is 0 Å². The number of nitrogens with two attached hydrogens (primary N) is 1. The van der Waals surface area contributed by atoms with Crippen molar-refractivity contribution in [2.45, 2.75) is 51.8 Å². The zero-order chi connectivity index (χ0) is 51.0. The lowest BCUT2D eigenvalue weighted by Crippen LogP contribution is -2.46. The van der Waals surface area contributed by atoms with Crippen LogP contribution in [0.15, 0.2) is 59.0 Å². The van der Waals surface area contributed by atoms with Gasteiger partial charge in [0.15, 0.2) is 15.6 Å². The number of imidazole rings is 2. The minimum atomic E-state index is -5.55. The van der Waals surface area contributed by atoms with Crippen LogP contribution in [0.2, 0.25) is 0 Å². The van der Waals surface area contributed by atoms with E-state index in [-0.39, 0.29) is 70.2 Å². The SMILES string of the molecule is Cc1cn2c(C(=O)NCc3ccc(N4CCN(S(=O)(=O)C(F)(F)F)C=N4)c(F)c3)c(C)nc2s1.Cc1cn2c(C(=O)O)c(C)nc2s1.Cl.NCc1ccc(N2CCN(S(=O)(=O)C(F)(F)F)C=N2)c(F)c1. The first-order chi connectivity index (χ1) is 32.1. The molecule has 6 heterocycles. The number of carbonyl (C=O) groups excluding carboxylic acids is 1. The first-order valence-corrected chi connectivity index (χ1v) is 24.1. The summed E-state index contributed by atoms with van der Waals surface area (Å²) >= 11 is 2.95. The third-order valence-corrected chi connectivity index (χ3v) is 14.6. The van der Waals surface area contributed by atoms with E-state index in [9.17, 15) is 61.5 Å². The topological polar surface area (TPSA) is 233 Å². The number of rotatable bonds is 9. The molecular weight excluding hydrogens is 1050 g/mol. The van der Waals surface area contributed by atoms with E-state index in [1.165, 1.54) is 46.9 Å². The molecule has 380 valence electrons. The summed E-state index contributed by atoms with van der Waals surface area (Å²) in [5.74, 6) is -2.68. The van der Waals surface area contributed by atoms with E-state index in [2.05, 4.69) is 25.5 Å². The van der Waals surface area contributed by atoms with E-state index in [1.807, 2.05) is 20.0 Å². The Balaban J connectivity index is 0.000000216. The molecule has 32 heteroatoms. The molecule has 0 aliphatic carbocycles. The lowest BCUT2D eigenvalue weighted by atomic mass is 10.2. The molecule has 0 bridgehead atoms. The molecule has 4 N–H and O–H groups in total. The largest absolute Gasteiger partial charge is 0.516 e. The van der Waals surface area contributed by atoms with Crippen molar-refractivity contribution in [3.05, 3.63) is 104 Å². The molecule has 2 aromatic carbocycles. The second-order valence-electron chi connectivity index (χ2n) is 14.7. The minimum absolute atomic E-state index is 0. The highest BCUT2D eigenvalue weighted by atomic mass is 35.5. The monoisotopic (exact) mass is 1090 g/mol. The van der Waals surface area contributed by atoms with Gasteiger partial charge < -0.3 is 16.2 Å². The van der Waals surface area contributed by atoms with Crippen molar-refractivity contribution in [3.8, 4) is 0 Å². The molecule has 70 heavy (non-hydrogen) atoms. The van der Waals surface area contributed by atoms with Crippen molar-refractivity contribution >= 4 is 101 Å². The molecule has 0 saturated heterocycles. The summed E-state index contributed by atoms with van der Waals surface area (Å²) < 4.78 is 153. The van der Waals surface area contributed by atoms with Crippen LogP contribution < -0.4 is 21.1 Å². The van der Waals surface area contributed by atoms with Crippen molar-refractivity contribution in [1.82, 2.24) is 32.7 Å². The Bertz CT molecular complexity index is 3210. The van der Waals surface area contributed by atoms with Crippen LogP contribution in [0.3, 0.4) is 0 Å². The highest BCUT2D eigenvalue weighted by molar-refractivity contribution is 7.90. The number of hydrogen-bond acceptors (Lipinski definition) is 15. The summed E-state index contributed by atoms with van der Waals surface area (Å²) in [5.41, 5.74) is -2.75. The Hall–Kier alpha value is -6.15. The number of anilines is 2. The number of benzene rings is 2. The van der Waals surface area contributed by atoms with Crippen LogP contribution in [-0.2, 0) is 33.1 Å². The van der Waals surface area contributed by atoms with Crippen LogP contribution in [0, 0.1) is 39.3 Å². The number of nitrogens with one attached hydrogen (secondary N) is 1. The van der Waals surface area contributed by atoms with Crippen molar-refractivity contribution in [2.75, 3.05) is 36.2 Å². The van der Waals surface area contributed by atoms with Crippen molar-refractivity contribution in [2.24, 2.45) is 15.9 Å². The lowest BCUT2D eigenvalue weighted by molar-refractivity contribution is -0.0477. The van der Waals surface area contributed by atoms with Gasteiger partial charge in [-0.05, 0) is 63.1 Å². The number of hydrazone groups is 2. The van der Waals surface area contributed by atoms with Crippen LogP contribution in [0.25, 0.3) is 9.92 Å². The van der Waals surface area contributed by atoms with Crippen LogP contribution in [0.4, 0.5) is 46.5 Å². The maximum atomic E-state index is 14.7. The Labute approximate surface area is 406 Å². The van der Waals surface area contributed by atoms with Crippen LogP contribution in [-0.4, -0.2) is 111 Å². The Kier molecular flexibility index (Phi) is 16.5. The molecule has 2 aliphatic rings. The highest BCUT2D eigenvalue weighted by Gasteiger charge is 2.51. The molecule has 0 atom stereocenters. The number of hydrogen-bond donors (Lipinski definition) is 3. The van der Waals surface area contributed by atoms with E-state index >= 15 is 0 Å². The average Bonchev–Trinajstić information content (AvgIpc) is 3.99. The van der Waals surface area contributed by atoms with Crippen molar-refractivity contribution in [3.63, 3.8) is 0 Å². The van der Waals surface area contributed by atoms with E-state index in [4.69, 9.17) is 10.8 Å². The number of aromatic carboxylic acids is 1. The fourth-order valence-electron chi connectivity index (χ4n) is 6.54. The number of carbonyl (C=O) groups is 2. The van der Waals surface area contributed by atoms with Crippen molar-refractivity contribution < 1.29 is 66.7 Å². The van der Waals surface area contributed by atoms with Gasteiger partial charge in [0.25, 0.3) is 5.91 Å². The smallest absolute Gasteiger partial charge is 0.477 e. The van der Waals surface area contributed by atoms with E-state index < -0.39 is 61.8 Å². The zero-order valence-electron chi connectivity index (χ0n) is 36.5. The van der Waals surface area contributed by atoms with Gasteiger partial charge in [0, 0.05) is 35.2 Å². The minimum Gasteiger partial charge on any atom is -0.477 e. The normalized spacial score (nSPS) is 14.3. The number of thiazole rings is 2. The quantitative estimate of drug-likeness (QED) is 0.135. The number of amides is 1. The van der Waals surface area contributed by atoms with E-state index in [1.54, 1.807) is 34.9 Å². The standard InChI is InChI=1S/C19H18F4N6O3S2.C11H12F4N4O2S.C8H8N2O2S.ClH/c1-11-9-28-16(12(2)26-18(28)33-11)17(30)24-8-13-3-4-15(14(20)7-13)29-6-5-27(10-25-29)34(31,32)19(21,22)23;12-9-5-8(6-16)1-2-10(9)19-4-3-18(7-17-19)22(20,21)11(13,14)15;1-4-3-10-6(7(11)12)5(2)9-8(10)13-4;/h3-4,7,9-10H,5-6,8H2,1-2H3,(H,24,30);1-2,5,7H,3-4,6,16H2;3H,1-2H3,(H,11,12);1H. The average molecular weight is 1090 g/mol. The highest BCUT2D eigenvalue weighted by Crippen LogP contribution is 2.31. The first-order valence-electron chi connectivity index (χ1n) is 19.6. The summed E-state index contributed by atoms with van der Waals surface area (Å²) in [6.07, 6.45) is 4.62. The number of aromatic nitrogens is 4. The summed E-state index contributed by atoms with van der Waals surface area (Å²) in [6.45, 7) is 5.87. The maximum absolute atomic E-state index is 14.7. The second-order valence-corrected chi connectivity index (χ2v) is 20.9. The number of alkyl halides is 6. The van der Waals surface area contributed by atoms with Gasteiger partial charge in [0.1, 0.15) is 30.0 Å². The molecule has 4 aromatic heterocycles. The van der Waals surface area contributed by atoms with E-state index in [0.717, 1.165) is 30.8 Å². The van der Waals surface area contributed by atoms with Gasteiger partial charge in [0.2, 0.25) is 0 Å². The summed E-state index contributed by atoms with van der Waals surface area (Å²) in [5, 5.41) is 21.0. The molecule has 0 saturated carbocycles. The first kappa shape index (κ1) is 54.8. The van der Waals surface area contributed by atoms with Gasteiger partial charge in [-0.2, -0.15) is 53.4 Å². The Morgan fingerprint density at radius 1 is 0.700 bits per heavy atom. The third kappa shape index (κ3) is 11.5. The van der Waals surface area contributed by atoms with Crippen LogP contribution >= 0.6 is 35.1 Å². The number of carboxylic acids is 1. The fraction of sp³-hybridized carbons (Fsp3) is 0.316. The molecule has 0 fully saturated rings. The van der Waals surface area contributed by atoms with Gasteiger partial charge in [-0.1, -0.05) is 12.1 Å². The van der Waals surface area contributed by atoms with Gasteiger partial charge in [-0.3, -0.25) is 23.6 Å². The molecule has 0 radical (unpaired) electrons. The van der Waals surface area contributed by atoms with Gasteiger partial charge in [-0.15, -0.1) is 35.1 Å². The fourth-order valence-corrected chi connectivity index (χ4v) is 9.79. The molecule has 1 amide bonds. The number of sulfonamides is 2. The molecule has 6 aromatic rings. The predicted molar refractivity (Wildman–Crippen MR) is 246 cm³/mol. The lowest BCUT2D eigenvalue weighted by Gasteiger charge is -2.29. The van der Waals surface area contributed by atoms with Gasteiger partial charge in [-0.25, -0.2) is 32.2 Å². The molecular formula is C38H39ClF8N12O7S4. The number of halogens is 9. The summed E-state index contributed by atoms with van der Waals surface area (Å²) in [6, 6.07) is 8.16.